The molecule has 3 amide bonds. The third kappa shape index (κ3) is 3.63. The largest absolute Gasteiger partial charge is 0.506 e. The van der Waals surface area contributed by atoms with Crippen molar-refractivity contribution in [1.29, 1.82) is 5.26 Å². The van der Waals surface area contributed by atoms with Crippen molar-refractivity contribution in [3.63, 3.8) is 0 Å². The Labute approximate surface area is 183 Å². The Morgan fingerprint density at radius 2 is 1.75 bits per heavy atom. The number of aromatic hydroxyl groups is 1. The standard InChI is InChI=1S/C24H17N3O5/c1-2-32-17-7-5-16(6-8-17)27-23(30)18-9-4-15(12-19(18)24(27)31)22(29)26-20-11-14(13-25)3-10-21(20)28/h3-12,28H,2H2,1H3,(H,26,29). The molecular weight excluding hydrogens is 410 g/mol. The summed E-state index contributed by atoms with van der Waals surface area (Å²) in [5.41, 5.74) is 1.14. The van der Waals surface area contributed by atoms with Crippen LogP contribution in [-0.2, 0) is 0 Å². The number of rotatable bonds is 5. The molecule has 1 aliphatic rings. The van der Waals surface area contributed by atoms with Gasteiger partial charge in [-0.2, -0.15) is 5.26 Å². The maximum Gasteiger partial charge on any atom is 0.266 e. The van der Waals surface area contributed by atoms with Gasteiger partial charge in [0.05, 0.1) is 40.7 Å². The first-order valence-corrected chi connectivity index (χ1v) is 9.73. The van der Waals surface area contributed by atoms with Gasteiger partial charge in [0, 0.05) is 5.56 Å². The van der Waals surface area contributed by atoms with E-state index in [9.17, 15) is 19.5 Å². The minimum Gasteiger partial charge on any atom is -0.506 e. The van der Waals surface area contributed by atoms with Gasteiger partial charge in [-0.15, -0.1) is 0 Å². The van der Waals surface area contributed by atoms with E-state index in [1.165, 1.54) is 36.4 Å². The van der Waals surface area contributed by atoms with E-state index in [1.807, 2.05) is 13.0 Å². The maximum atomic E-state index is 13.0. The summed E-state index contributed by atoms with van der Waals surface area (Å²) < 4.78 is 5.38. The van der Waals surface area contributed by atoms with Gasteiger partial charge >= 0.3 is 0 Å². The maximum absolute atomic E-state index is 13.0. The van der Waals surface area contributed by atoms with E-state index in [1.54, 1.807) is 24.3 Å². The summed E-state index contributed by atoms with van der Waals surface area (Å²) in [4.78, 5) is 39.5. The number of fused-ring (bicyclic) bond motifs is 1. The van der Waals surface area contributed by atoms with Crippen LogP contribution in [0.2, 0.25) is 0 Å². The normalized spacial score (nSPS) is 12.3. The molecule has 3 aromatic rings. The molecule has 1 aliphatic heterocycles. The van der Waals surface area contributed by atoms with Crippen LogP contribution < -0.4 is 15.0 Å². The number of carbonyl (C=O) groups excluding carboxylic acids is 3. The lowest BCUT2D eigenvalue weighted by molar-refractivity contribution is 0.0925. The fourth-order valence-electron chi connectivity index (χ4n) is 3.37. The van der Waals surface area contributed by atoms with E-state index >= 15 is 0 Å². The van der Waals surface area contributed by atoms with Crippen molar-refractivity contribution >= 4 is 29.1 Å². The molecule has 4 rings (SSSR count). The molecule has 1 heterocycles. The second kappa shape index (κ2) is 8.24. The van der Waals surface area contributed by atoms with E-state index in [0.717, 1.165) is 4.90 Å². The molecule has 0 aromatic heterocycles. The first-order valence-electron chi connectivity index (χ1n) is 9.73. The molecule has 0 bridgehead atoms. The molecule has 2 N–H and O–H groups in total. The second-order valence-electron chi connectivity index (χ2n) is 6.93. The van der Waals surface area contributed by atoms with Crippen LogP contribution in [0.4, 0.5) is 11.4 Å². The Bertz CT molecular complexity index is 1290. The van der Waals surface area contributed by atoms with Crippen molar-refractivity contribution in [3.05, 3.63) is 82.9 Å². The number of amides is 3. The zero-order valence-corrected chi connectivity index (χ0v) is 17.0. The molecule has 8 nitrogen and oxygen atoms in total. The molecule has 0 atom stereocenters. The second-order valence-corrected chi connectivity index (χ2v) is 6.93. The van der Waals surface area contributed by atoms with Gasteiger partial charge in [0.1, 0.15) is 11.5 Å². The first-order chi connectivity index (χ1) is 15.4. The van der Waals surface area contributed by atoms with Crippen LogP contribution >= 0.6 is 0 Å². The first kappa shape index (κ1) is 20.6. The summed E-state index contributed by atoms with van der Waals surface area (Å²) in [7, 11) is 0. The Kier molecular flexibility index (Phi) is 5.31. The Hall–Kier alpha value is -4.64. The van der Waals surface area contributed by atoms with Gasteiger partial charge in [0.15, 0.2) is 0 Å². The molecule has 8 heteroatoms. The number of imide groups is 1. The van der Waals surface area contributed by atoms with Crippen LogP contribution in [0.15, 0.2) is 60.7 Å². The van der Waals surface area contributed by atoms with Gasteiger partial charge in [0.2, 0.25) is 0 Å². The number of benzene rings is 3. The van der Waals surface area contributed by atoms with E-state index < -0.39 is 17.7 Å². The van der Waals surface area contributed by atoms with Crippen molar-refractivity contribution in [2.45, 2.75) is 6.92 Å². The van der Waals surface area contributed by atoms with Crippen LogP contribution in [0.25, 0.3) is 0 Å². The molecule has 0 fully saturated rings. The predicted molar refractivity (Wildman–Crippen MR) is 116 cm³/mol. The number of nitrogens with zero attached hydrogens (tertiary/aromatic N) is 2. The highest BCUT2D eigenvalue weighted by Crippen LogP contribution is 2.31. The van der Waals surface area contributed by atoms with Crippen LogP contribution in [0.3, 0.4) is 0 Å². The highest BCUT2D eigenvalue weighted by Gasteiger charge is 2.37. The van der Waals surface area contributed by atoms with Gasteiger partial charge in [-0.05, 0) is 67.6 Å². The molecule has 0 saturated heterocycles. The monoisotopic (exact) mass is 427 g/mol. The SMILES string of the molecule is CCOc1ccc(N2C(=O)c3ccc(C(=O)Nc4cc(C#N)ccc4O)cc3C2=O)cc1. The van der Waals surface area contributed by atoms with Crippen molar-refractivity contribution in [2.75, 3.05) is 16.8 Å². The van der Waals surface area contributed by atoms with Crippen LogP contribution in [0.1, 0.15) is 43.6 Å². The molecule has 0 saturated carbocycles. The highest BCUT2D eigenvalue weighted by atomic mass is 16.5. The Morgan fingerprint density at radius 3 is 2.44 bits per heavy atom. The zero-order chi connectivity index (χ0) is 22.8. The molecule has 0 unspecified atom stereocenters. The van der Waals surface area contributed by atoms with Crippen LogP contribution in [0.5, 0.6) is 11.5 Å². The topological polar surface area (TPSA) is 120 Å². The molecule has 0 radical (unpaired) electrons. The summed E-state index contributed by atoms with van der Waals surface area (Å²) in [5, 5.41) is 21.4. The van der Waals surface area contributed by atoms with Gasteiger partial charge in [-0.25, -0.2) is 4.90 Å². The lowest BCUT2D eigenvalue weighted by atomic mass is 10.1. The molecule has 158 valence electrons. The summed E-state index contributed by atoms with van der Waals surface area (Å²) in [6.45, 7) is 2.35. The van der Waals surface area contributed by atoms with Crippen LogP contribution in [-0.4, -0.2) is 29.4 Å². The van der Waals surface area contributed by atoms with Gasteiger partial charge in [-0.1, -0.05) is 0 Å². The lowest BCUT2D eigenvalue weighted by Gasteiger charge is -2.14. The Balaban J connectivity index is 1.60. The molecule has 32 heavy (non-hydrogen) atoms. The molecule has 0 spiro atoms. The fraction of sp³-hybridized carbons (Fsp3) is 0.0833. The number of carbonyl (C=O) groups is 3. The predicted octanol–water partition coefficient (Wildman–Crippen LogP) is 3.72. The van der Waals surface area contributed by atoms with E-state index in [-0.39, 0.29) is 33.7 Å². The number of nitrogens with one attached hydrogen (secondary N) is 1. The van der Waals surface area contributed by atoms with Crippen LogP contribution in [0, 0.1) is 11.3 Å². The average molecular weight is 427 g/mol. The summed E-state index contributed by atoms with van der Waals surface area (Å²) in [5.74, 6) is -1.21. The van der Waals surface area contributed by atoms with E-state index in [0.29, 0.717) is 18.0 Å². The summed E-state index contributed by atoms with van der Waals surface area (Å²) in [6.07, 6.45) is 0. The molecule has 0 aliphatic carbocycles. The lowest BCUT2D eigenvalue weighted by Crippen LogP contribution is -2.29. The van der Waals surface area contributed by atoms with Gasteiger partial charge in [-0.3, -0.25) is 14.4 Å². The average Bonchev–Trinajstić information content (AvgIpc) is 3.05. The number of hydrogen-bond acceptors (Lipinski definition) is 6. The van der Waals surface area contributed by atoms with Crippen molar-refractivity contribution in [2.24, 2.45) is 0 Å². The van der Waals surface area contributed by atoms with Gasteiger partial charge in [0.25, 0.3) is 17.7 Å². The van der Waals surface area contributed by atoms with E-state index in [2.05, 4.69) is 5.32 Å². The third-order valence-electron chi connectivity index (χ3n) is 4.93. The number of ether oxygens (including phenoxy) is 1. The number of hydrogen-bond donors (Lipinski definition) is 2. The quantitative estimate of drug-likeness (QED) is 0.473. The van der Waals surface area contributed by atoms with Crippen molar-refractivity contribution in [1.82, 2.24) is 0 Å². The minimum atomic E-state index is -0.599. The number of phenols is 1. The number of phenolic OH excluding ortho intramolecular Hbond substituents is 1. The molecular formula is C24H17N3O5. The minimum absolute atomic E-state index is 0.0629. The third-order valence-corrected chi connectivity index (χ3v) is 4.93. The number of anilines is 2. The van der Waals surface area contributed by atoms with Crippen molar-refractivity contribution < 1.29 is 24.2 Å². The van der Waals surface area contributed by atoms with Gasteiger partial charge < -0.3 is 15.2 Å². The van der Waals surface area contributed by atoms with E-state index in [4.69, 9.17) is 10.00 Å². The van der Waals surface area contributed by atoms with Crippen molar-refractivity contribution in [3.8, 4) is 17.6 Å². The highest BCUT2D eigenvalue weighted by molar-refractivity contribution is 6.34. The molecule has 3 aromatic carbocycles. The number of nitriles is 1. The summed E-state index contributed by atoms with van der Waals surface area (Å²) >= 11 is 0. The summed E-state index contributed by atoms with van der Waals surface area (Å²) in [6, 6.07) is 16.7. The fourth-order valence-corrected chi connectivity index (χ4v) is 3.37. The smallest absolute Gasteiger partial charge is 0.266 e. The zero-order valence-electron chi connectivity index (χ0n) is 17.0. The Morgan fingerprint density at radius 1 is 1.03 bits per heavy atom.